The second-order valence-electron chi connectivity index (χ2n) is 3.38. The number of nitrogens with one attached hydrogen (secondary N) is 1. The van der Waals surface area contributed by atoms with Crippen molar-refractivity contribution in [1.29, 1.82) is 0 Å². The zero-order valence-electron chi connectivity index (χ0n) is 9.93. The van der Waals surface area contributed by atoms with Crippen LogP contribution in [-0.4, -0.2) is 32.3 Å². The molecule has 0 heterocycles. The Balaban J connectivity index is 2.58. The third kappa shape index (κ3) is 3.85. The summed E-state index contributed by atoms with van der Waals surface area (Å²) in [6.45, 7) is 0.156. The van der Waals surface area contributed by atoms with Gasteiger partial charge in [0.1, 0.15) is 12.4 Å². The fourth-order valence-electron chi connectivity index (χ4n) is 1.27. The number of amides is 2. The van der Waals surface area contributed by atoms with Gasteiger partial charge in [-0.2, -0.15) is 0 Å². The number of carbonyl (C=O) groups is 2. The van der Waals surface area contributed by atoms with Crippen molar-refractivity contribution in [3.63, 3.8) is 0 Å². The van der Waals surface area contributed by atoms with Gasteiger partial charge in [0.05, 0.1) is 19.2 Å². The Morgan fingerprint density at radius 2 is 2.11 bits per heavy atom. The molecule has 2 amide bonds. The Labute approximate surface area is 104 Å². The summed E-state index contributed by atoms with van der Waals surface area (Å²) in [7, 11) is 1.49. The number of hydrogen-bond acceptors (Lipinski definition) is 5. The first-order chi connectivity index (χ1) is 8.54. The fourth-order valence-corrected chi connectivity index (χ4v) is 1.27. The summed E-state index contributed by atoms with van der Waals surface area (Å²) < 4.78 is 9.47. The average molecular weight is 253 g/mol. The highest BCUT2D eigenvalue weighted by Gasteiger charge is 2.10. The highest BCUT2D eigenvalue weighted by molar-refractivity contribution is 5.99. The van der Waals surface area contributed by atoms with Crippen LogP contribution < -0.4 is 21.5 Å². The zero-order valence-corrected chi connectivity index (χ0v) is 9.93. The van der Waals surface area contributed by atoms with Gasteiger partial charge in [-0.05, 0) is 18.2 Å². The first kappa shape index (κ1) is 13.6. The van der Waals surface area contributed by atoms with Gasteiger partial charge in [0.25, 0.3) is 5.91 Å². The zero-order chi connectivity index (χ0) is 13.5. The van der Waals surface area contributed by atoms with Gasteiger partial charge in [0.15, 0.2) is 0 Å². The van der Waals surface area contributed by atoms with E-state index in [-0.39, 0.29) is 19.1 Å². The van der Waals surface area contributed by atoms with Gasteiger partial charge < -0.3 is 26.3 Å². The number of ether oxygens (including phenoxy) is 2. The quantitative estimate of drug-likeness (QED) is 0.508. The lowest BCUT2D eigenvalue weighted by molar-refractivity contribution is 0.0937. The number of hydrogen-bond donors (Lipinski definition) is 3. The number of primary amides is 1. The van der Waals surface area contributed by atoms with Gasteiger partial charge >= 0.3 is 6.09 Å². The molecule has 0 fully saturated rings. The predicted octanol–water partition coefficient (Wildman–Crippen LogP) is 0.102. The molecule has 7 heteroatoms. The van der Waals surface area contributed by atoms with E-state index < -0.39 is 6.09 Å². The third-order valence-corrected chi connectivity index (χ3v) is 2.14. The summed E-state index contributed by atoms with van der Waals surface area (Å²) in [6.07, 6.45) is -0.884. The summed E-state index contributed by atoms with van der Waals surface area (Å²) >= 11 is 0. The maximum absolute atomic E-state index is 11.8. The minimum absolute atomic E-state index is 0.00491. The molecule has 0 atom stereocenters. The van der Waals surface area contributed by atoms with Crippen molar-refractivity contribution in [2.75, 3.05) is 26.0 Å². The van der Waals surface area contributed by atoms with Crippen LogP contribution in [0.2, 0.25) is 0 Å². The highest BCUT2D eigenvalue weighted by atomic mass is 16.5. The Bertz CT molecular complexity index is 448. The molecule has 0 aliphatic carbocycles. The van der Waals surface area contributed by atoms with Crippen molar-refractivity contribution in [3.8, 4) is 5.75 Å². The van der Waals surface area contributed by atoms with E-state index in [9.17, 15) is 9.59 Å². The van der Waals surface area contributed by atoms with Crippen molar-refractivity contribution >= 4 is 17.7 Å². The van der Waals surface area contributed by atoms with E-state index in [0.717, 1.165) is 0 Å². The van der Waals surface area contributed by atoms with E-state index in [1.807, 2.05) is 0 Å². The number of rotatable bonds is 5. The summed E-state index contributed by atoms with van der Waals surface area (Å²) in [4.78, 5) is 22.1. The summed E-state index contributed by atoms with van der Waals surface area (Å²) in [5, 5.41) is 2.54. The number of carbonyl (C=O) groups excluding carboxylic acids is 2. The molecule has 0 unspecified atom stereocenters. The smallest absolute Gasteiger partial charge is 0.404 e. The molecule has 0 saturated heterocycles. The molecular formula is C11H15N3O4. The Kier molecular flexibility index (Phi) is 4.79. The summed E-state index contributed by atoms with van der Waals surface area (Å²) in [5.41, 5.74) is 11.1. The molecule has 1 aromatic rings. The molecule has 1 rings (SSSR count). The molecule has 5 N–H and O–H groups in total. The van der Waals surface area contributed by atoms with Gasteiger partial charge in [-0.25, -0.2) is 4.79 Å². The molecule has 18 heavy (non-hydrogen) atoms. The minimum atomic E-state index is -0.884. The van der Waals surface area contributed by atoms with Crippen molar-refractivity contribution in [3.05, 3.63) is 23.8 Å². The summed E-state index contributed by atoms with van der Waals surface area (Å²) in [6, 6.07) is 4.76. The molecule has 0 aromatic heterocycles. The normalized spacial score (nSPS) is 9.61. The Morgan fingerprint density at radius 1 is 1.39 bits per heavy atom. The van der Waals surface area contributed by atoms with Crippen LogP contribution in [0.4, 0.5) is 10.5 Å². The second-order valence-corrected chi connectivity index (χ2v) is 3.38. The molecule has 0 radical (unpaired) electrons. The van der Waals surface area contributed by atoms with E-state index >= 15 is 0 Å². The lowest BCUT2D eigenvalue weighted by atomic mass is 10.1. The Morgan fingerprint density at radius 3 is 2.72 bits per heavy atom. The van der Waals surface area contributed by atoms with E-state index in [1.165, 1.54) is 13.2 Å². The number of benzene rings is 1. The Hall–Kier alpha value is -2.44. The molecule has 0 spiro atoms. The van der Waals surface area contributed by atoms with Crippen molar-refractivity contribution in [1.82, 2.24) is 5.32 Å². The number of nitrogen functional groups attached to an aromatic ring is 1. The van der Waals surface area contributed by atoms with Crippen LogP contribution in [0, 0.1) is 0 Å². The SMILES string of the molecule is COc1ccc(N)c(C(=O)NCCOC(N)=O)c1. The van der Waals surface area contributed by atoms with Crippen molar-refractivity contribution in [2.24, 2.45) is 5.73 Å². The van der Waals surface area contributed by atoms with Gasteiger partial charge in [-0.15, -0.1) is 0 Å². The van der Waals surface area contributed by atoms with Crippen LogP contribution in [0.5, 0.6) is 5.75 Å². The van der Waals surface area contributed by atoms with Crippen LogP contribution in [0.15, 0.2) is 18.2 Å². The number of methoxy groups -OCH3 is 1. The lowest BCUT2D eigenvalue weighted by Gasteiger charge is -2.09. The number of nitrogens with two attached hydrogens (primary N) is 2. The van der Waals surface area contributed by atoms with Crippen LogP contribution in [0.1, 0.15) is 10.4 Å². The molecule has 0 aliphatic heterocycles. The lowest BCUT2D eigenvalue weighted by Crippen LogP contribution is -2.29. The van der Waals surface area contributed by atoms with E-state index in [1.54, 1.807) is 12.1 Å². The monoisotopic (exact) mass is 253 g/mol. The van der Waals surface area contributed by atoms with E-state index in [0.29, 0.717) is 17.0 Å². The molecule has 0 saturated carbocycles. The predicted molar refractivity (Wildman–Crippen MR) is 65.3 cm³/mol. The van der Waals surface area contributed by atoms with Crippen LogP contribution in [0.25, 0.3) is 0 Å². The maximum atomic E-state index is 11.8. The van der Waals surface area contributed by atoms with Crippen molar-refractivity contribution < 1.29 is 19.1 Å². The number of anilines is 1. The molecule has 98 valence electrons. The van der Waals surface area contributed by atoms with Gasteiger partial charge in [-0.1, -0.05) is 0 Å². The van der Waals surface area contributed by atoms with E-state index in [2.05, 4.69) is 10.1 Å². The fraction of sp³-hybridized carbons (Fsp3) is 0.273. The van der Waals surface area contributed by atoms with Gasteiger partial charge in [0.2, 0.25) is 0 Å². The molecule has 0 bridgehead atoms. The molecule has 7 nitrogen and oxygen atoms in total. The topological polar surface area (TPSA) is 117 Å². The standard InChI is InChI=1S/C11H15N3O4/c1-17-7-2-3-9(12)8(6-7)10(15)14-4-5-18-11(13)16/h2-3,6H,4-5,12H2,1H3,(H2,13,16)(H,14,15). The minimum Gasteiger partial charge on any atom is -0.497 e. The third-order valence-electron chi connectivity index (χ3n) is 2.14. The second kappa shape index (κ2) is 6.33. The highest BCUT2D eigenvalue weighted by Crippen LogP contribution is 2.19. The maximum Gasteiger partial charge on any atom is 0.404 e. The summed E-state index contributed by atoms with van der Waals surface area (Å²) in [5.74, 6) is 0.155. The van der Waals surface area contributed by atoms with Crippen molar-refractivity contribution in [2.45, 2.75) is 0 Å². The van der Waals surface area contributed by atoms with Gasteiger partial charge in [0, 0.05) is 5.69 Å². The van der Waals surface area contributed by atoms with Crippen LogP contribution in [0.3, 0.4) is 0 Å². The van der Waals surface area contributed by atoms with Crippen LogP contribution >= 0.6 is 0 Å². The molecule has 1 aromatic carbocycles. The average Bonchev–Trinajstić information content (AvgIpc) is 2.34. The van der Waals surface area contributed by atoms with Crippen LogP contribution in [-0.2, 0) is 4.74 Å². The van der Waals surface area contributed by atoms with E-state index in [4.69, 9.17) is 16.2 Å². The molecular weight excluding hydrogens is 238 g/mol. The van der Waals surface area contributed by atoms with Gasteiger partial charge in [-0.3, -0.25) is 4.79 Å². The first-order valence-electron chi connectivity index (χ1n) is 5.18. The molecule has 0 aliphatic rings. The largest absolute Gasteiger partial charge is 0.497 e. The first-order valence-corrected chi connectivity index (χ1v) is 5.18.